The van der Waals surface area contributed by atoms with Crippen molar-refractivity contribution >= 4 is 17.8 Å². The van der Waals surface area contributed by atoms with Gasteiger partial charge in [-0.15, -0.1) is 0 Å². The molecule has 3 rings (SSSR count). The van der Waals surface area contributed by atoms with Gasteiger partial charge in [-0.05, 0) is 25.0 Å². The highest BCUT2D eigenvalue weighted by Gasteiger charge is 2.39. The van der Waals surface area contributed by atoms with Crippen LogP contribution in [-0.2, 0) is 16.1 Å². The first-order valence-electron chi connectivity index (χ1n) is 9.52. The van der Waals surface area contributed by atoms with Crippen LogP contribution in [0.1, 0.15) is 31.0 Å². The molecule has 2 fully saturated rings. The highest BCUT2D eigenvalue weighted by molar-refractivity contribution is 6.05. The number of rotatable bonds is 6. The second-order valence-corrected chi connectivity index (χ2v) is 7.12. The maximum Gasteiger partial charge on any atom is 0.324 e. The molecule has 2 saturated heterocycles. The lowest BCUT2D eigenvalue weighted by Gasteiger charge is -2.35. The third-order valence-corrected chi connectivity index (χ3v) is 5.15. The molecule has 8 heteroatoms. The minimum absolute atomic E-state index is 0.0319. The summed E-state index contributed by atoms with van der Waals surface area (Å²) >= 11 is 0. The van der Waals surface area contributed by atoms with E-state index in [9.17, 15) is 14.4 Å². The van der Waals surface area contributed by atoms with Crippen molar-refractivity contribution in [3.05, 3.63) is 29.6 Å². The van der Waals surface area contributed by atoms with E-state index in [0.29, 0.717) is 26.1 Å². The zero-order valence-electron chi connectivity index (χ0n) is 16.0. The number of hydrogen-bond donors (Lipinski definition) is 1. The molecule has 4 amide bonds. The number of amides is 4. The van der Waals surface area contributed by atoms with Gasteiger partial charge in [0.15, 0.2) is 0 Å². The second kappa shape index (κ2) is 8.47. The van der Waals surface area contributed by atoms with E-state index in [1.54, 1.807) is 11.1 Å². The fourth-order valence-electron chi connectivity index (χ4n) is 3.51. The van der Waals surface area contributed by atoms with E-state index >= 15 is 0 Å². The molecule has 1 atom stereocenters. The summed E-state index contributed by atoms with van der Waals surface area (Å²) in [5, 5.41) is 2.63. The number of nitrogens with zero attached hydrogens (tertiary/aromatic N) is 4. The third-order valence-electron chi connectivity index (χ3n) is 5.15. The van der Waals surface area contributed by atoms with Crippen LogP contribution in [-0.4, -0.2) is 76.3 Å². The predicted octanol–water partition coefficient (Wildman–Crippen LogP) is 0.755. The number of nitrogens with one attached hydrogen (secondary N) is 1. The van der Waals surface area contributed by atoms with Crippen LogP contribution in [0.5, 0.6) is 0 Å². The Morgan fingerprint density at radius 3 is 2.67 bits per heavy atom. The van der Waals surface area contributed by atoms with Crippen molar-refractivity contribution in [2.24, 2.45) is 0 Å². The molecule has 0 radical (unpaired) electrons. The highest BCUT2D eigenvalue weighted by Crippen LogP contribution is 2.14. The molecule has 2 aliphatic heterocycles. The smallest absolute Gasteiger partial charge is 0.324 e. The molecule has 0 aromatic carbocycles. The maximum absolute atomic E-state index is 12.6. The fourth-order valence-corrected chi connectivity index (χ4v) is 3.51. The maximum atomic E-state index is 12.6. The molecular formula is C19H27N5O3. The van der Waals surface area contributed by atoms with Gasteiger partial charge >= 0.3 is 6.03 Å². The summed E-state index contributed by atoms with van der Waals surface area (Å²) in [5.41, 5.74) is 2.23. The van der Waals surface area contributed by atoms with Crippen molar-refractivity contribution in [1.29, 1.82) is 0 Å². The zero-order valence-corrected chi connectivity index (χ0v) is 16.0. The van der Waals surface area contributed by atoms with Gasteiger partial charge in [-0.2, -0.15) is 0 Å². The van der Waals surface area contributed by atoms with Gasteiger partial charge in [0.2, 0.25) is 5.91 Å². The zero-order chi connectivity index (χ0) is 19.4. The molecule has 0 spiro atoms. The molecular weight excluding hydrogens is 346 g/mol. The van der Waals surface area contributed by atoms with Crippen molar-refractivity contribution in [2.75, 3.05) is 32.7 Å². The Bertz CT molecular complexity index is 715. The van der Waals surface area contributed by atoms with Crippen LogP contribution < -0.4 is 5.32 Å². The standard InChI is InChI=1S/C19H27N5O3/c1-3-7-24-18(26)15(21-19(24)27)12-17(25)23-10-8-22(9-11-23)13-16-14(2)5-4-6-20-16/h4-6,15H,3,7-13H2,1-2H3,(H,21,27)/t15-/m0/s1. The summed E-state index contributed by atoms with van der Waals surface area (Å²) in [6.07, 6.45) is 2.54. The average molecular weight is 373 g/mol. The lowest BCUT2D eigenvalue weighted by Crippen LogP contribution is -2.49. The van der Waals surface area contributed by atoms with Crippen LogP contribution in [0.4, 0.5) is 4.79 Å². The largest absolute Gasteiger partial charge is 0.340 e. The monoisotopic (exact) mass is 373 g/mol. The minimum Gasteiger partial charge on any atom is -0.340 e. The highest BCUT2D eigenvalue weighted by atomic mass is 16.2. The topological polar surface area (TPSA) is 85.8 Å². The Hall–Kier alpha value is -2.48. The molecule has 0 saturated carbocycles. The number of hydrogen-bond acceptors (Lipinski definition) is 5. The Morgan fingerprint density at radius 1 is 1.26 bits per heavy atom. The van der Waals surface area contributed by atoms with Crippen LogP contribution in [0, 0.1) is 6.92 Å². The van der Waals surface area contributed by atoms with Gasteiger partial charge in [0.25, 0.3) is 5.91 Å². The Kier molecular flexibility index (Phi) is 6.05. The van der Waals surface area contributed by atoms with Crippen LogP contribution in [0.15, 0.2) is 18.3 Å². The molecule has 2 aliphatic rings. The van der Waals surface area contributed by atoms with E-state index in [2.05, 4.69) is 28.2 Å². The molecule has 27 heavy (non-hydrogen) atoms. The van der Waals surface area contributed by atoms with Gasteiger partial charge in [-0.1, -0.05) is 13.0 Å². The van der Waals surface area contributed by atoms with Crippen molar-refractivity contribution in [1.82, 2.24) is 25.0 Å². The fraction of sp³-hybridized carbons (Fsp3) is 0.579. The summed E-state index contributed by atoms with van der Waals surface area (Å²) < 4.78 is 0. The summed E-state index contributed by atoms with van der Waals surface area (Å²) in [4.78, 5) is 46.4. The number of urea groups is 1. The molecule has 1 aromatic heterocycles. The van der Waals surface area contributed by atoms with E-state index < -0.39 is 12.1 Å². The van der Waals surface area contributed by atoms with E-state index in [-0.39, 0.29) is 18.2 Å². The molecule has 1 N–H and O–H groups in total. The predicted molar refractivity (Wildman–Crippen MR) is 99.8 cm³/mol. The van der Waals surface area contributed by atoms with Crippen LogP contribution in [0.25, 0.3) is 0 Å². The lowest BCUT2D eigenvalue weighted by atomic mass is 10.1. The van der Waals surface area contributed by atoms with Crippen LogP contribution >= 0.6 is 0 Å². The number of piperazine rings is 1. The van der Waals surface area contributed by atoms with E-state index in [1.165, 1.54) is 10.5 Å². The first-order chi connectivity index (χ1) is 13.0. The Balaban J connectivity index is 1.48. The molecule has 1 aromatic rings. The molecule has 146 valence electrons. The number of aryl methyl sites for hydroxylation is 1. The SMILES string of the molecule is CCCN1C(=O)N[C@@H](CC(=O)N2CCN(Cc3ncccc3C)CC2)C1=O. The molecule has 0 unspecified atom stereocenters. The van der Waals surface area contributed by atoms with E-state index in [0.717, 1.165) is 25.3 Å². The Morgan fingerprint density at radius 2 is 2.00 bits per heavy atom. The van der Waals surface area contributed by atoms with Crippen LogP contribution in [0.3, 0.4) is 0 Å². The first-order valence-corrected chi connectivity index (χ1v) is 9.52. The van der Waals surface area contributed by atoms with Crippen molar-refractivity contribution in [3.8, 4) is 0 Å². The first kappa shape index (κ1) is 19.3. The number of imide groups is 1. The van der Waals surface area contributed by atoms with Gasteiger partial charge < -0.3 is 10.2 Å². The summed E-state index contributed by atoms with van der Waals surface area (Å²) in [6.45, 7) is 7.92. The lowest BCUT2D eigenvalue weighted by molar-refractivity contribution is -0.137. The summed E-state index contributed by atoms with van der Waals surface area (Å²) in [6, 6.07) is 2.86. The minimum atomic E-state index is -0.731. The quantitative estimate of drug-likeness (QED) is 0.744. The third kappa shape index (κ3) is 4.44. The average Bonchev–Trinajstić information content (AvgIpc) is 2.92. The molecule has 0 bridgehead atoms. The summed E-state index contributed by atoms with van der Waals surface area (Å²) in [5.74, 6) is -0.375. The Labute approximate surface area is 159 Å². The van der Waals surface area contributed by atoms with Crippen molar-refractivity contribution < 1.29 is 14.4 Å². The second-order valence-electron chi connectivity index (χ2n) is 7.12. The van der Waals surface area contributed by atoms with Gasteiger partial charge in [-0.25, -0.2) is 4.79 Å². The molecule has 3 heterocycles. The number of carbonyl (C=O) groups is 3. The van der Waals surface area contributed by atoms with Gasteiger partial charge in [-0.3, -0.25) is 24.4 Å². The van der Waals surface area contributed by atoms with Crippen molar-refractivity contribution in [2.45, 2.75) is 39.3 Å². The van der Waals surface area contributed by atoms with Gasteiger partial charge in [0.1, 0.15) is 6.04 Å². The van der Waals surface area contributed by atoms with E-state index in [4.69, 9.17) is 0 Å². The van der Waals surface area contributed by atoms with E-state index in [1.807, 2.05) is 13.0 Å². The number of pyridine rings is 1. The molecule has 8 nitrogen and oxygen atoms in total. The van der Waals surface area contributed by atoms with Gasteiger partial charge in [0.05, 0.1) is 12.1 Å². The summed E-state index contributed by atoms with van der Waals surface area (Å²) in [7, 11) is 0. The van der Waals surface area contributed by atoms with Crippen LogP contribution in [0.2, 0.25) is 0 Å². The normalized spacial score (nSPS) is 20.9. The van der Waals surface area contributed by atoms with Crippen molar-refractivity contribution in [3.63, 3.8) is 0 Å². The number of aromatic nitrogens is 1. The molecule has 0 aliphatic carbocycles. The van der Waals surface area contributed by atoms with Gasteiger partial charge in [0, 0.05) is 45.5 Å². The number of carbonyl (C=O) groups excluding carboxylic acids is 3.